The monoisotopic (exact) mass is 712 g/mol. The highest BCUT2D eigenvalue weighted by molar-refractivity contribution is 7.00. The van der Waals surface area contributed by atoms with Crippen molar-refractivity contribution in [3.63, 3.8) is 0 Å². The molecule has 0 bridgehead atoms. The second kappa shape index (κ2) is 11.9. The summed E-state index contributed by atoms with van der Waals surface area (Å²) in [4.78, 5) is 5.19. The van der Waals surface area contributed by atoms with E-state index in [1.807, 2.05) is 0 Å². The number of rotatable bonds is 2. The summed E-state index contributed by atoms with van der Waals surface area (Å²) < 4.78 is 0. The molecule has 0 unspecified atom stereocenters. The van der Waals surface area contributed by atoms with E-state index in [0.29, 0.717) is 0 Å². The first kappa shape index (κ1) is 36.7. The normalized spacial score (nSPS) is 17.1. The Morgan fingerprint density at radius 3 is 1.56 bits per heavy atom. The van der Waals surface area contributed by atoms with Gasteiger partial charge in [0.1, 0.15) is 0 Å². The number of hydrogen-bond acceptors (Lipinski definition) is 2. The number of fused-ring (bicyclic) bond motifs is 5. The van der Waals surface area contributed by atoms with E-state index in [-0.39, 0.29) is 33.8 Å². The Bertz CT molecular complexity index is 2300. The van der Waals surface area contributed by atoms with Crippen molar-refractivity contribution in [3.05, 3.63) is 124 Å². The van der Waals surface area contributed by atoms with Gasteiger partial charge >= 0.3 is 0 Å². The molecule has 0 amide bonds. The molecule has 278 valence electrons. The van der Waals surface area contributed by atoms with Gasteiger partial charge in [0.15, 0.2) is 0 Å². The highest BCUT2D eigenvalue weighted by Crippen LogP contribution is 2.50. The van der Waals surface area contributed by atoms with Gasteiger partial charge in [-0.3, -0.25) is 0 Å². The van der Waals surface area contributed by atoms with Crippen molar-refractivity contribution in [1.29, 1.82) is 0 Å². The summed E-state index contributed by atoms with van der Waals surface area (Å²) in [6, 6.07) is 36.4. The Labute approximate surface area is 327 Å². The van der Waals surface area contributed by atoms with Crippen LogP contribution in [0.1, 0.15) is 136 Å². The minimum absolute atomic E-state index is 0.0144. The summed E-state index contributed by atoms with van der Waals surface area (Å²) in [6.07, 6.45) is 2.41. The number of aryl methyl sites for hydroxylation is 1. The molecule has 2 nitrogen and oxygen atoms in total. The van der Waals surface area contributed by atoms with E-state index in [9.17, 15) is 0 Å². The average molecular weight is 713 g/mol. The van der Waals surface area contributed by atoms with Crippen LogP contribution in [0, 0.1) is 6.92 Å². The molecule has 0 saturated carbocycles. The molecule has 5 aromatic carbocycles. The second-order valence-corrected chi connectivity index (χ2v) is 21.2. The average Bonchev–Trinajstić information content (AvgIpc) is 3.08. The van der Waals surface area contributed by atoms with Crippen molar-refractivity contribution in [1.82, 2.24) is 0 Å². The molecule has 0 radical (unpaired) electrons. The van der Waals surface area contributed by atoms with Crippen molar-refractivity contribution in [2.75, 3.05) is 9.80 Å². The molecule has 0 aromatic heterocycles. The van der Waals surface area contributed by atoms with Gasteiger partial charge in [0, 0.05) is 34.1 Å². The van der Waals surface area contributed by atoms with Crippen LogP contribution in [0.5, 0.6) is 0 Å². The van der Waals surface area contributed by atoms with Crippen molar-refractivity contribution in [2.45, 2.75) is 137 Å². The molecule has 54 heavy (non-hydrogen) atoms. The van der Waals surface area contributed by atoms with E-state index >= 15 is 0 Å². The lowest BCUT2D eigenvalue weighted by Crippen LogP contribution is -2.61. The summed E-state index contributed by atoms with van der Waals surface area (Å²) in [5, 5.41) is 0. The molecule has 8 rings (SSSR count). The van der Waals surface area contributed by atoms with Crippen LogP contribution in [0.3, 0.4) is 0 Å². The van der Waals surface area contributed by atoms with E-state index in [2.05, 4.69) is 198 Å². The van der Waals surface area contributed by atoms with Crippen molar-refractivity contribution in [3.8, 4) is 0 Å². The molecule has 0 saturated heterocycles. The lowest BCUT2D eigenvalue weighted by atomic mass is 9.33. The zero-order valence-electron chi connectivity index (χ0n) is 35.5. The third-order valence-electron chi connectivity index (χ3n) is 13.0. The van der Waals surface area contributed by atoms with E-state index in [4.69, 9.17) is 0 Å². The smallest absolute Gasteiger partial charge is 0.252 e. The van der Waals surface area contributed by atoms with Gasteiger partial charge in [-0.25, -0.2) is 0 Å². The van der Waals surface area contributed by atoms with Crippen molar-refractivity contribution < 1.29 is 0 Å². The van der Waals surface area contributed by atoms with Crippen LogP contribution in [0.4, 0.5) is 34.1 Å². The molecular weight excluding hydrogens is 651 g/mol. The maximum absolute atomic E-state index is 2.63. The summed E-state index contributed by atoms with van der Waals surface area (Å²) in [5.41, 5.74) is 20.5. The van der Waals surface area contributed by atoms with Gasteiger partial charge in [0.25, 0.3) is 6.71 Å². The zero-order chi connectivity index (χ0) is 38.9. The first-order valence-corrected chi connectivity index (χ1v) is 20.4. The minimum atomic E-state index is 0.0144. The molecule has 3 aliphatic rings. The van der Waals surface area contributed by atoms with Crippen LogP contribution in [0.2, 0.25) is 0 Å². The van der Waals surface area contributed by atoms with Crippen LogP contribution in [-0.2, 0) is 27.1 Å². The summed E-state index contributed by atoms with van der Waals surface area (Å²) in [6.45, 7) is 33.1. The van der Waals surface area contributed by atoms with Crippen molar-refractivity contribution in [2.24, 2.45) is 0 Å². The fraction of sp³-hybridized carbons (Fsp3) is 0.412. The van der Waals surface area contributed by atoms with Gasteiger partial charge in [0.05, 0.1) is 0 Å². The first-order chi connectivity index (χ1) is 25.1. The Morgan fingerprint density at radius 2 is 0.963 bits per heavy atom. The van der Waals surface area contributed by atoms with E-state index in [1.165, 1.54) is 96.7 Å². The number of nitrogens with zero attached hydrogens (tertiary/aromatic N) is 2. The fourth-order valence-corrected chi connectivity index (χ4v) is 9.45. The maximum Gasteiger partial charge on any atom is 0.252 e. The van der Waals surface area contributed by atoms with Gasteiger partial charge in [-0.15, -0.1) is 0 Å². The molecular formula is C51H61BN2. The highest BCUT2D eigenvalue weighted by atomic mass is 15.2. The van der Waals surface area contributed by atoms with Gasteiger partial charge in [-0.05, 0) is 145 Å². The highest BCUT2D eigenvalue weighted by Gasteiger charge is 2.45. The maximum atomic E-state index is 2.63. The summed E-state index contributed by atoms with van der Waals surface area (Å²) in [5.74, 6) is 0. The standard InChI is InChI=1S/C51H61BN2/c1-32-27-44-46-45(28-32)54(37-21-22-38-39(31-37)51(13,14)26-25-50(38,11)12)43-30-35(49(8,9)10)17-23-40(43)52(46)41-29-34(48(5,6)7)18-24-42(41)53(44)36-19-15-33(16-20-36)47(2,3)4/h15-24,27-31H,25-26H2,1-14H3. The molecule has 0 fully saturated rings. The van der Waals surface area contributed by atoms with Crippen LogP contribution >= 0.6 is 0 Å². The Kier molecular flexibility index (Phi) is 8.08. The van der Waals surface area contributed by atoms with E-state index < -0.39 is 0 Å². The molecule has 1 aliphatic carbocycles. The minimum Gasteiger partial charge on any atom is -0.311 e. The quantitative estimate of drug-likeness (QED) is 0.165. The van der Waals surface area contributed by atoms with Gasteiger partial charge in [-0.1, -0.05) is 132 Å². The Morgan fingerprint density at radius 1 is 0.463 bits per heavy atom. The molecule has 0 N–H and O–H groups in total. The third kappa shape index (κ3) is 5.84. The molecule has 0 spiro atoms. The predicted molar refractivity (Wildman–Crippen MR) is 237 cm³/mol. The molecule has 3 heteroatoms. The van der Waals surface area contributed by atoms with Gasteiger partial charge in [0.2, 0.25) is 0 Å². The molecule has 2 aliphatic heterocycles. The summed E-state index contributed by atoms with van der Waals surface area (Å²) >= 11 is 0. The van der Waals surface area contributed by atoms with E-state index in [1.54, 1.807) is 0 Å². The van der Waals surface area contributed by atoms with Crippen LogP contribution in [0.25, 0.3) is 0 Å². The van der Waals surface area contributed by atoms with Crippen LogP contribution in [0.15, 0.2) is 91.0 Å². The SMILES string of the molecule is Cc1cc2c3c(c1)N(c1ccc4c(c1)C(C)(C)CCC4(C)C)c1cc(C(C)(C)C)ccc1B3c1cc(C(C)(C)C)ccc1N2c1ccc(C(C)(C)C)cc1. The first-order valence-electron chi connectivity index (χ1n) is 20.4. The third-order valence-corrected chi connectivity index (χ3v) is 13.0. The number of hydrogen-bond donors (Lipinski definition) is 0. The summed E-state index contributed by atoms with van der Waals surface area (Å²) in [7, 11) is 0. The van der Waals surface area contributed by atoms with Crippen LogP contribution < -0.4 is 26.2 Å². The lowest BCUT2D eigenvalue weighted by Gasteiger charge is -2.46. The molecule has 2 heterocycles. The van der Waals surface area contributed by atoms with Gasteiger partial charge in [-0.2, -0.15) is 0 Å². The zero-order valence-corrected chi connectivity index (χ0v) is 35.5. The van der Waals surface area contributed by atoms with Crippen molar-refractivity contribution >= 4 is 57.2 Å². The number of anilines is 6. The molecule has 5 aromatic rings. The number of benzene rings is 5. The topological polar surface area (TPSA) is 6.48 Å². The predicted octanol–water partition coefficient (Wildman–Crippen LogP) is 12.3. The Balaban J connectivity index is 1.46. The Hall–Kier alpha value is -4.24. The van der Waals surface area contributed by atoms with Crippen LogP contribution in [-0.4, -0.2) is 6.71 Å². The van der Waals surface area contributed by atoms with E-state index in [0.717, 1.165) is 0 Å². The molecule has 0 atom stereocenters. The fourth-order valence-electron chi connectivity index (χ4n) is 9.45. The van der Waals surface area contributed by atoms with Gasteiger partial charge < -0.3 is 9.80 Å². The lowest BCUT2D eigenvalue weighted by molar-refractivity contribution is 0.332. The second-order valence-electron chi connectivity index (χ2n) is 21.2. The largest absolute Gasteiger partial charge is 0.311 e.